The molecule has 0 N–H and O–H groups in total. The topological polar surface area (TPSA) is 14.2 Å². The van der Waals surface area contributed by atoms with Crippen molar-refractivity contribution in [3.63, 3.8) is 0 Å². The van der Waals surface area contributed by atoms with E-state index in [4.69, 9.17) is 6.57 Å². The van der Waals surface area contributed by atoms with Gasteiger partial charge in [-0.15, -0.1) is 0 Å². The van der Waals surface area contributed by atoms with Crippen LogP contribution < -0.4 is 0 Å². The second kappa shape index (κ2) is 11.1. The van der Waals surface area contributed by atoms with Crippen LogP contribution in [0.1, 0.15) is 0 Å². The lowest BCUT2D eigenvalue weighted by Crippen LogP contribution is -1.93. The van der Waals surface area contributed by atoms with Gasteiger partial charge < -0.3 is 9.13 Å². The first-order valence-corrected chi connectivity index (χ1v) is 16.9. The number of fused-ring (bicyclic) bond motifs is 7. The highest BCUT2D eigenvalue weighted by Gasteiger charge is 2.15. The lowest BCUT2D eigenvalue weighted by Gasteiger charge is -2.10. The summed E-state index contributed by atoms with van der Waals surface area (Å²) in [6, 6.07) is 62.9. The minimum atomic E-state index is 0.644. The Morgan fingerprint density at radius 1 is 0.340 bits per heavy atom. The van der Waals surface area contributed by atoms with E-state index in [1.165, 1.54) is 71.3 Å². The summed E-state index contributed by atoms with van der Waals surface area (Å²) in [4.78, 5) is 3.59. The molecule has 0 spiro atoms. The van der Waals surface area contributed by atoms with E-state index in [-0.39, 0.29) is 0 Å². The predicted octanol–water partition coefficient (Wildman–Crippen LogP) is 12.9. The number of nitrogens with zero attached hydrogens (tertiary/aromatic N) is 3. The zero-order valence-corrected chi connectivity index (χ0v) is 27.1. The quantitative estimate of drug-likeness (QED) is 0.171. The average molecular weight is 636 g/mol. The molecule has 2 heterocycles. The molecular formula is C47H29N3. The Labute approximate surface area is 289 Å². The molecule has 3 heteroatoms. The number of benzene rings is 8. The van der Waals surface area contributed by atoms with E-state index in [1.54, 1.807) is 0 Å². The highest BCUT2D eigenvalue weighted by atomic mass is 15.0. The minimum absolute atomic E-state index is 0.644. The van der Waals surface area contributed by atoms with Crippen molar-refractivity contribution in [3.05, 3.63) is 187 Å². The molecule has 0 atom stereocenters. The van der Waals surface area contributed by atoms with Crippen LogP contribution in [0.2, 0.25) is 0 Å². The summed E-state index contributed by atoms with van der Waals surface area (Å²) in [6.07, 6.45) is 0. The summed E-state index contributed by atoms with van der Waals surface area (Å²) in [7, 11) is 0. The molecule has 0 amide bonds. The Balaban J connectivity index is 1.05. The van der Waals surface area contributed by atoms with Crippen LogP contribution in [0.4, 0.5) is 5.69 Å². The van der Waals surface area contributed by atoms with Gasteiger partial charge >= 0.3 is 0 Å². The number of rotatable bonds is 4. The van der Waals surface area contributed by atoms with Gasteiger partial charge in [0.25, 0.3) is 0 Å². The molecule has 10 aromatic rings. The highest BCUT2D eigenvalue weighted by molar-refractivity contribution is 6.11. The van der Waals surface area contributed by atoms with Crippen LogP contribution in [0.15, 0.2) is 176 Å². The average Bonchev–Trinajstić information content (AvgIpc) is 3.70. The fourth-order valence-electron chi connectivity index (χ4n) is 7.71. The lowest BCUT2D eigenvalue weighted by molar-refractivity contribution is 1.18. The van der Waals surface area contributed by atoms with Gasteiger partial charge in [-0.1, -0.05) is 121 Å². The van der Waals surface area contributed by atoms with Crippen molar-refractivity contribution in [2.75, 3.05) is 0 Å². The molecule has 10 rings (SSSR count). The smallest absolute Gasteiger partial charge is 0.187 e. The molecule has 2 aromatic heterocycles. The molecule has 0 saturated carbocycles. The fraction of sp³-hybridized carbons (Fsp3) is 0. The van der Waals surface area contributed by atoms with Gasteiger partial charge in [-0.05, 0) is 87.6 Å². The Kier molecular flexibility index (Phi) is 6.24. The van der Waals surface area contributed by atoms with Crippen LogP contribution in [0.25, 0.3) is 92.9 Å². The summed E-state index contributed by atoms with van der Waals surface area (Å²) in [6.45, 7) is 7.38. The van der Waals surface area contributed by atoms with Crippen LogP contribution in [0.3, 0.4) is 0 Å². The van der Waals surface area contributed by atoms with E-state index in [0.717, 1.165) is 16.7 Å². The fourth-order valence-corrected chi connectivity index (χ4v) is 7.71. The van der Waals surface area contributed by atoms with E-state index >= 15 is 0 Å². The third-order valence-corrected chi connectivity index (χ3v) is 10.1. The van der Waals surface area contributed by atoms with Gasteiger partial charge in [0.1, 0.15) is 0 Å². The summed E-state index contributed by atoms with van der Waals surface area (Å²) in [5, 5.41) is 7.42. The Morgan fingerprint density at radius 2 is 0.860 bits per heavy atom. The van der Waals surface area contributed by atoms with Gasteiger partial charge in [0.2, 0.25) is 0 Å². The zero-order valence-electron chi connectivity index (χ0n) is 27.1. The third-order valence-electron chi connectivity index (χ3n) is 10.1. The molecule has 0 radical (unpaired) electrons. The molecule has 8 aromatic carbocycles. The van der Waals surface area contributed by atoms with Crippen molar-refractivity contribution < 1.29 is 0 Å². The van der Waals surface area contributed by atoms with Crippen LogP contribution in [0.5, 0.6) is 0 Å². The molecule has 0 aliphatic heterocycles. The number of hydrogen-bond acceptors (Lipinski definition) is 0. The first-order chi connectivity index (χ1) is 24.7. The van der Waals surface area contributed by atoms with Crippen LogP contribution in [-0.4, -0.2) is 9.13 Å². The van der Waals surface area contributed by atoms with Gasteiger partial charge in [0.05, 0.1) is 28.6 Å². The maximum absolute atomic E-state index is 7.38. The third kappa shape index (κ3) is 4.36. The molecule has 0 unspecified atom stereocenters. The standard InChI is InChI=1S/C47H29N3/c1-48-37-21-24-38(25-22-37)49-44-12-6-4-10-40(44)42-26-19-36(30-47(42)49)33-16-14-32(15-17-33)35-20-27-46-43(29-35)41-11-5-7-13-45(41)50(46)39-23-18-31-8-2-3-9-34(31)28-39/h2-30H. The largest absolute Gasteiger partial charge is 0.309 e. The molecule has 50 heavy (non-hydrogen) atoms. The number of para-hydroxylation sites is 2. The summed E-state index contributed by atoms with van der Waals surface area (Å²) in [5.74, 6) is 0. The van der Waals surface area contributed by atoms with Crippen molar-refractivity contribution >= 4 is 60.1 Å². The van der Waals surface area contributed by atoms with Crippen molar-refractivity contribution in [3.8, 4) is 33.6 Å². The first-order valence-electron chi connectivity index (χ1n) is 16.9. The van der Waals surface area contributed by atoms with Gasteiger partial charge in [-0.25, -0.2) is 4.85 Å². The second-order valence-electron chi connectivity index (χ2n) is 12.9. The normalized spacial score (nSPS) is 11.6. The predicted molar refractivity (Wildman–Crippen MR) is 210 cm³/mol. The monoisotopic (exact) mass is 635 g/mol. The van der Waals surface area contributed by atoms with E-state index in [9.17, 15) is 0 Å². The maximum atomic E-state index is 7.38. The molecule has 232 valence electrons. The summed E-state index contributed by atoms with van der Waals surface area (Å²) < 4.78 is 4.69. The van der Waals surface area contributed by atoms with Crippen molar-refractivity contribution in [1.82, 2.24) is 9.13 Å². The van der Waals surface area contributed by atoms with E-state index < -0.39 is 0 Å². The molecule has 0 fully saturated rings. The van der Waals surface area contributed by atoms with Gasteiger partial charge in [0.15, 0.2) is 5.69 Å². The zero-order chi connectivity index (χ0) is 33.2. The molecule has 0 aliphatic rings. The minimum Gasteiger partial charge on any atom is -0.309 e. The maximum Gasteiger partial charge on any atom is 0.187 e. The number of hydrogen-bond donors (Lipinski definition) is 0. The van der Waals surface area contributed by atoms with Gasteiger partial charge in [0, 0.05) is 32.9 Å². The van der Waals surface area contributed by atoms with E-state index in [1.807, 2.05) is 24.3 Å². The van der Waals surface area contributed by atoms with Crippen LogP contribution in [0, 0.1) is 6.57 Å². The van der Waals surface area contributed by atoms with Gasteiger partial charge in [-0.3, -0.25) is 0 Å². The number of aromatic nitrogens is 2. The van der Waals surface area contributed by atoms with Crippen molar-refractivity contribution in [2.45, 2.75) is 0 Å². The van der Waals surface area contributed by atoms with Crippen LogP contribution >= 0.6 is 0 Å². The Hall–Kier alpha value is -6.89. The molecule has 0 saturated heterocycles. The molecule has 3 nitrogen and oxygen atoms in total. The van der Waals surface area contributed by atoms with Gasteiger partial charge in [-0.2, -0.15) is 0 Å². The molecule has 0 bridgehead atoms. The SMILES string of the molecule is [C-]#[N+]c1ccc(-n2c3ccccc3c3ccc(-c4ccc(-c5ccc6c(c5)c5ccccc5n6-c5ccc6ccccc6c5)cc4)cc32)cc1. The highest BCUT2D eigenvalue weighted by Crippen LogP contribution is 2.38. The first kappa shape index (κ1) is 28.2. The van der Waals surface area contributed by atoms with Crippen molar-refractivity contribution in [2.24, 2.45) is 0 Å². The molecular weight excluding hydrogens is 607 g/mol. The lowest BCUT2D eigenvalue weighted by atomic mass is 9.98. The second-order valence-corrected chi connectivity index (χ2v) is 12.9. The van der Waals surface area contributed by atoms with Crippen LogP contribution in [-0.2, 0) is 0 Å². The van der Waals surface area contributed by atoms with E-state index in [0.29, 0.717) is 5.69 Å². The summed E-state index contributed by atoms with van der Waals surface area (Å²) >= 11 is 0. The Bertz CT molecular complexity index is 2970. The molecule has 0 aliphatic carbocycles. The van der Waals surface area contributed by atoms with E-state index in [2.05, 4.69) is 166 Å². The summed E-state index contributed by atoms with van der Waals surface area (Å²) in [5.41, 5.74) is 12.3. The van der Waals surface area contributed by atoms with Crippen molar-refractivity contribution in [1.29, 1.82) is 0 Å². The Morgan fingerprint density at radius 3 is 1.58 bits per heavy atom.